The molecule has 0 aliphatic rings. The van der Waals surface area contributed by atoms with Crippen LogP contribution < -0.4 is 0 Å². The quantitative estimate of drug-likeness (QED) is 0.315. The molecule has 3 aromatic heterocycles. The van der Waals surface area contributed by atoms with E-state index in [-0.39, 0.29) is 6.54 Å². The lowest BCUT2D eigenvalue weighted by atomic mass is 9.90. The van der Waals surface area contributed by atoms with Gasteiger partial charge in [0, 0.05) is 39.7 Å². The van der Waals surface area contributed by atoms with Gasteiger partial charge in [0.1, 0.15) is 5.65 Å². The van der Waals surface area contributed by atoms with E-state index in [0.29, 0.717) is 22.5 Å². The van der Waals surface area contributed by atoms with Crippen LogP contribution in [0.3, 0.4) is 0 Å². The van der Waals surface area contributed by atoms with Gasteiger partial charge in [-0.15, -0.1) is 0 Å². The van der Waals surface area contributed by atoms with Crippen molar-refractivity contribution < 1.29 is 19.0 Å². The van der Waals surface area contributed by atoms with Gasteiger partial charge in [0.25, 0.3) is 0 Å². The molecule has 7 heteroatoms. The molecular weight excluding hydrogens is 457 g/mol. The molecule has 188 valence electrons. The summed E-state index contributed by atoms with van der Waals surface area (Å²) in [6.45, 7) is 13.6. The molecule has 0 saturated carbocycles. The maximum Gasteiger partial charge on any atom is 0.337 e. The zero-order valence-corrected chi connectivity index (χ0v) is 21.8. The fourth-order valence-corrected chi connectivity index (χ4v) is 4.62. The lowest BCUT2D eigenvalue weighted by Crippen LogP contribution is -2.28. The van der Waals surface area contributed by atoms with Crippen LogP contribution in [0.5, 0.6) is 0 Å². The summed E-state index contributed by atoms with van der Waals surface area (Å²) in [6.07, 6.45) is 0.216. The molecule has 4 rings (SSSR count). The maximum absolute atomic E-state index is 14.5. The number of hydrogen-bond donors (Lipinski definition) is 1. The van der Waals surface area contributed by atoms with E-state index in [1.165, 1.54) is 6.20 Å². The Bertz CT molecular complexity index is 1450. The number of fused-ring (bicyclic) bond motifs is 1. The van der Waals surface area contributed by atoms with E-state index in [0.717, 1.165) is 33.3 Å². The molecule has 0 saturated heterocycles. The molecule has 0 aliphatic carbocycles. The summed E-state index contributed by atoms with van der Waals surface area (Å²) >= 11 is 0. The number of hydrogen-bond acceptors (Lipinski definition) is 4. The number of aromatic nitrogens is 3. The summed E-state index contributed by atoms with van der Waals surface area (Å²) in [4.78, 5) is 21.2. The van der Waals surface area contributed by atoms with Gasteiger partial charge in [-0.05, 0) is 65.7 Å². The third kappa shape index (κ3) is 4.75. The Morgan fingerprint density at radius 3 is 2.36 bits per heavy atom. The number of aliphatic carboxylic acids is 1. The Morgan fingerprint density at radius 1 is 1.11 bits per heavy atom. The van der Waals surface area contributed by atoms with Gasteiger partial charge >= 0.3 is 5.97 Å². The molecule has 1 atom stereocenters. The third-order valence-corrected chi connectivity index (χ3v) is 6.45. The summed E-state index contributed by atoms with van der Waals surface area (Å²) in [7, 11) is 0. The average Bonchev–Trinajstić information content (AvgIpc) is 3.02. The number of carboxylic acids is 1. The number of ether oxygens (including phenoxy) is 1. The van der Waals surface area contributed by atoms with Crippen LogP contribution >= 0.6 is 0 Å². The van der Waals surface area contributed by atoms with E-state index < -0.39 is 23.6 Å². The molecule has 0 spiro atoms. The second kappa shape index (κ2) is 9.47. The Hall–Kier alpha value is -3.58. The first kappa shape index (κ1) is 25.5. The SMILES string of the molecule is Cc1ccc(-c2c([C@H](OC(C)(C)C)C(=O)O)c(C)nc3c2c(C)c(C)n3Cc2cccnc2F)cc1. The molecule has 4 aromatic rings. The second-order valence-electron chi connectivity index (χ2n) is 10.2. The molecule has 36 heavy (non-hydrogen) atoms. The van der Waals surface area contributed by atoms with Crippen LogP contribution in [-0.4, -0.2) is 31.2 Å². The first-order valence-corrected chi connectivity index (χ1v) is 12.0. The highest BCUT2D eigenvalue weighted by Crippen LogP contribution is 2.42. The van der Waals surface area contributed by atoms with Crippen LogP contribution in [-0.2, 0) is 16.1 Å². The molecule has 1 N–H and O–H groups in total. The van der Waals surface area contributed by atoms with Crippen LogP contribution in [0, 0.1) is 33.6 Å². The number of carboxylic acid groups (broad SMARTS) is 1. The van der Waals surface area contributed by atoms with Crippen molar-refractivity contribution in [3.05, 3.63) is 82.2 Å². The van der Waals surface area contributed by atoms with Crippen molar-refractivity contribution in [3.8, 4) is 11.1 Å². The molecular formula is C29H32FN3O3. The Kier molecular flexibility index (Phi) is 6.71. The standard InChI is InChI=1S/C29H32FN3O3/c1-16-10-12-20(13-11-16)24-22-17(2)19(4)33(15-21-9-8-14-31-26(21)30)27(22)32-18(3)23(24)25(28(34)35)36-29(5,6)7/h8-14,25H,15H2,1-7H3,(H,34,35)/t25-/m0/s1. The average molecular weight is 490 g/mol. The zero-order valence-electron chi connectivity index (χ0n) is 21.8. The van der Waals surface area contributed by atoms with Gasteiger partial charge in [-0.2, -0.15) is 4.39 Å². The molecule has 0 unspecified atom stereocenters. The van der Waals surface area contributed by atoms with Gasteiger partial charge in [-0.1, -0.05) is 35.9 Å². The topological polar surface area (TPSA) is 77.2 Å². The maximum atomic E-state index is 14.5. The van der Waals surface area contributed by atoms with E-state index in [2.05, 4.69) is 4.98 Å². The van der Waals surface area contributed by atoms with Gasteiger partial charge in [-0.3, -0.25) is 0 Å². The molecule has 0 bridgehead atoms. The van der Waals surface area contributed by atoms with Crippen LogP contribution in [0.1, 0.15) is 60.5 Å². The van der Waals surface area contributed by atoms with Crippen molar-refractivity contribution in [2.75, 3.05) is 0 Å². The Labute approximate surface area is 210 Å². The van der Waals surface area contributed by atoms with Gasteiger partial charge in [0.2, 0.25) is 5.95 Å². The normalized spacial score (nSPS) is 12.8. The van der Waals surface area contributed by atoms with E-state index in [9.17, 15) is 14.3 Å². The van der Waals surface area contributed by atoms with Crippen molar-refractivity contribution in [1.29, 1.82) is 0 Å². The van der Waals surface area contributed by atoms with Crippen molar-refractivity contribution in [1.82, 2.24) is 14.5 Å². The summed E-state index contributed by atoms with van der Waals surface area (Å²) in [5.41, 5.74) is 6.16. The third-order valence-electron chi connectivity index (χ3n) is 6.45. The van der Waals surface area contributed by atoms with Crippen molar-refractivity contribution >= 4 is 17.0 Å². The lowest BCUT2D eigenvalue weighted by Gasteiger charge is -2.28. The summed E-state index contributed by atoms with van der Waals surface area (Å²) in [5, 5.41) is 11.1. The summed E-state index contributed by atoms with van der Waals surface area (Å²) in [6, 6.07) is 11.4. The van der Waals surface area contributed by atoms with E-state index in [1.54, 1.807) is 19.1 Å². The van der Waals surface area contributed by atoms with E-state index >= 15 is 0 Å². The van der Waals surface area contributed by atoms with Crippen molar-refractivity contribution in [3.63, 3.8) is 0 Å². The van der Waals surface area contributed by atoms with E-state index in [4.69, 9.17) is 9.72 Å². The number of rotatable bonds is 6. The fraction of sp³-hybridized carbons (Fsp3) is 0.345. The van der Waals surface area contributed by atoms with Gasteiger partial charge < -0.3 is 14.4 Å². The highest BCUT2D eigenvalue weighted by Gasteiger charge is 2.33. The van der Waals surface area contributed by atoms with Crippen LogP contribution in [0.25, 0.3) is 22.2 Å². The van der Waals surface area contributed by atoms with Crippen molar-refractivity contribution in [2.24, 2.45) is 0 Å². The van der Waals surface area contributed by atoms with Crippen molar-refractivity contribution in [2.45, 2.75) is 66.7 Å². The van der Waals surface area contributed by atoms with Crippen LogP contribution in [0.15, 0.2) is 42.6 Å². The molecule has 0 amide bonds. The molecule has 1 aromatic carbocycles. The number of nitrogens with zero attached hydrogens (tertiary/aromatic N) is 3. The van der Waals surface area contributed by atoms with E-state index in [1.807, 2.05) is 70.4 Å². The number of pyridine rings is 2. The zero-order chi connectivity index (χ0) is 26.4. The van der Waals surface area contributed by atoms with Gasteiger partial charge in [-0.25, -0.2) is 14.8 Å². The highest BCUT2D eigenvalue weighted by atomic mass is 19.1. The first-order chi connectivity index (χ1) is 16.9. The predicted octanol–water partition coefficient (Wildman–Crippen LogP) is 6.46. The minimum Gasteiger partial charge on any atom is -0.479 e. The summed E-state index contributed by atoms with van der Waals surface area (Å²) < 4.78 is 22.5. The molecule has 0 radical (unpaired) electrons. The number of carbonyl (C=O) groups is 1. The van der Waals surface area contributed by atoms with Gasteiger partial charge in [0.15, 0.2) is 6.10 Å². The van der Waals surface area contributed by atoms with Crippen LogP contribution in [0.2, 0.25) is 0 Å². The minimum atomic E-state index is -1.21. The molecule has 6 nitrogen and oxygen atoms in total. The number of benzene rings is 1. The predicted molar refractivity (Wildman–Crippen MR) is 139 cm³/mol. The lowest BCUT2D eigenvalue weighted by molar-refractivity contribution is -0.160. The first-order valence-electron chi connectivity index (χ1n) is 12.0. The fourth-order valence-electron chi connectivity index (χ4n) is 4.62. The Morgan fingerprint density at radius 2 is 1.78 bits per heavy atom. The minimum absolute atomic E-state index is 0.260. The largest absolute Gasteiger partial charge is 0.479 e. The van der Waals surface area contributed by atoms with Gasteiger partial charge in [0.05, 0.1) is 12.1 Å². The Balaban J connectivity index is 2.08. The van der Waals surface area contributed by atoms with Crippen LogP contribution in [0.4, 0.5) is 4.39 Å². The molecule has 3 heterocycles. The number of aryl methyl sites for hydroxylation is 3. The monoisotopic (exact) mass is 489 g/mol. The number of halogens is 1. The molecule has 0 aliphatic heterocycles. The second-order valence-corrected chi connectivity index (χ2v) is 10.2. The summed E-state index contributed by atoms with van der Waals surface area (Å²) in [5.74, 6) is -1.60. The highest BCUT2D eigenvalue weighted by molar-refractivity contribution is 6.00. The molecule has 0 fully saturated rings. The smallest absolute Gasteiger partial charge is 0.337 e.